The van der Waals surface area contributed by atoms with E-state index in [-0.39, 0.29) is 5.02 Å². The molecule has 0 amide bonds. The number of nitrogen functional groups attached to an aromatic ring is 1. The Labute approximate surface area is 229 Å². The van der Waals surface area contributed by atoms with Gasteiger partial charge in [0.2, 0.25) is 5.95 Å². The van der Waals surface area contributed by atoms with E-state index in [4.69, 9.17) is 44.0 Å². The molecule has 0 atom stereocenters. The van der Waals surface area contributed by atoms with Gasteiger partial charge in [0, 0.05) is 18.7 Å². The summed E-state index contributed by atoms with van der Waals surface area (Å²) in [6.07, 6.45) is 3.13. The van der Waals surface area contributed by atoms with Crippen LogP contribution in [0.15, 0.2) is 72.8 Å². The Morgan fingerprint density at radius 1 is 0.895 bits per heavy atom. The molecule has 3 heterocycles. The standard InChI is InChI=1S/C29H25Cl2FN6/c30-21-8-4-5-9-24(21)38-27(33)25-26(20-10-11-23(32)22(31)17-20)34-29(35-28(25)36-38)37-14-12-19(13-15-37)16-18-6-2-1-3-7-18/h1-11,17,19H,12-16,33H2. The maximum atomic E-state index is 14.0. The first-order chi connectivity index (χ1) is 18.5. The maximum Gasteiger partial charge on any atom is 0.228 e. The smallest absolute Gasteiger partial charge is 0.228 e. The second kappa shape index (κ2) is 10.2. The molecule has 2 N–H and O–H groups in total. The summed E-state index contributed by atoms with van der Waals surface area (Å²) in [4.78, 5) is 11.9. The van der Waals surface area contributed by atoms with Crippen LogP contribution in [0.2, 0.25) is 10.0 Å². The van der Waals surface area contributed by atoms with Crippen LogP contribution in [0.25, 0.3) is 28.0 Å². The van der Waals surface area contributed by atoms with Crippen LogP contribution in [0, 0.1) is 11.7 Å². The first-order valence-corrected chi connectivity index (χ1v) is 13.3. The number of para-hydroxylation sites is 1. The highest BCUT2D eigenvalue weighted by Gasteiger charge is 2.25. The molecular weight excluding hydrogens is 522 g/mol. The first-order valence-electron chi connectivity index (χ1n) is 12.5. The van der Waals surface area contributed by atoms with Gasteiger partial charge in [-0.25, -0.2) is 14.1 Å². The molecule has 0 bridgehead atoms. The third kappa shape index (κ3) is 4.68. The highest BCUT2D eigenvalue weighted by Crippen LogP contribution is 2.36. The Morgan fingerprint density at radius 3 is 2.37 bits per heavy atom. The van der Waals surface area contributed by atoms with Gasteiger partial charge in [0.15, 0.2) is 5.65 Å². The SMILES string of the molecule is Nc1c2c(-c3ccc(F)c(Cl)c3)nc(N3CCC(Cc4ccccc4)CC3)nc2nn1-c1ccccc1Cl. The molecule has 0 unspecified atom stereocenters. The van der Waals surface area contributed by atoms with Crippen molar-refractivity contribution in [3.05, 3.63) is 94.2 Å². The number of piperidine rings is 1. The molecule has 1 saturated heterocycles. The highest BCUT2D eigenvalue weighted by atomic mass is 35.5. The molecule has 0 saturated carbocycles. The minimum Gasteiger partial charge on any atom is -0.383 e. The van der Waals surface area contributed by atoms with Crippen LogP contribution in [0.1, 0.15) is 18.4 Å². The average Bonchev–Trinajstić information content (AvgIpc) is 3.27. The van der Waals surface area contributed by atoms with Gasteiger partial charge in [0.25, 0.3) is 0 Å². The van der Waals surface area contributed by atoms with Gasteiger partial charge in [-0.15, -0.1) is 5.10 Å². The summed E-state index contributed by atoms with van der Waals surface area (Å²) in [5.41, 5.74) is 10.2. The van der Waals surface area contributed by atoms with E-state index in [2.05, 4.69) is 29.2 Å². The number of anilines is 2. The molecule has 6 rings (SSSR count). The lowest BCUT2D eigenvalue weighted by atomic mass is 9.90. The van der Waals surface area contributed by atoms with Gasteiger partial charge in [0.05, 0.1) is 26.8 Å². The number of aromatic nitrogens is 4. The van der Waals surface area contributed by atoms with Crippen molar-refractivity contribution in [1.82, 2.24) is 19.7 Å². The molecule has 5 aromatic rings. The third-order valence-electron chi connectivity index (χ3n) is 7.10. The fourth-order valence-electron chi connectivity index (χ4n) is 5.09. The van der Waals surface area contributed by atoms with Gasteiger partial charge in [-0.1, -0.05) is 65.7 Å². The number of benzene rings is 3. The molecule has 38 heavy (non-hydrogen) atoms. The van der Waals surface area contributed by atoms with Crippen molar-refractivity contribution in [1.29, 1.82) is 0 Å². The average molecular weight is 547 g/mol. The van der Waals surface area contributed by atoms with Crippen LogP contribution in [-0.4, -0.2) is 32.8 Å². The van der Waals surface area contributed by atoms with Crippen molar-refractivity contribution in [2.75, 3.05) is 23.7 Å². The van der Waals surface area contributed by atoms with Crippen LogP contribution >= 0.6 is 23.2 Å². The summed E-state index contributed by atoms with van der Waals surface area (Å²) < 4.78 is 15.6. The third-order valence-corrected chi connectivity index (χ3v) is 7.70. The predicted octanol–water partition coefficient (Wildman–Crippen LogP) is 6.97. The molecular formula is C29H25Cl2FN6. The van der Waals surface area contributed by atoms with E-state index in [9.17, 15) is 4.39 Å². The van der Waals surface area contributed by atoms with Gasteiger partial charge in [-0.2, -0.15) is 4.98 Å². The minimum atomic E-state index is -0.499. The first kappa shape index (κ1) is 24.6. The molecule has 6 nitrogen and oxygen atoms in total. The summed E-state index contributed by atoms with van der Waals surface area (Å²) >= 11 is 12.6. The number of hydrogen-bond acceptors (Lipinski definition) is 5. The van der Waals surface area contributed by atoms with Crippen molar-refractivity contribution >= 4 is 46.0 Å². The number of halogens is 3. The molecule has 1 aliphatic rings. The zero-order valence-corrected chi connectivity index (χ0v) is 22.0. The zero-order chi connectivity index (χ0) is 26.2. The lowest BCUT2D eigenvalue weighted by Gasteiger charge is -2.32. The monoisotopic (exact) mass is 546 g/mol. The van der Waals surface area contributed by atoms with Crippen molar-refractivity contribution in [2.45, 2.75) is 19.3 Å². The second-order valence-corrected chi connectivity index (χ2v) is 10.4. The summed E-state index contributed by atoms with van der Waals surface area (Å²) in [6.45, 7) is 1.65. The number of nitrogens with two attached hydrogens (primary N) is 1. The van der Waals surface area contributed by atoms with Crippen molar-refractivity contribution in [3.63, 3.8) is 0 Å². The number of nitrogens with zero attached hydrogens (tertiary/aromatic N) is 5. The Morgan fingerprint density at radius 2 is 1.63 bits per heavy atom. The predicted molar refractivity (Wildman–Crippen MR) is 152 cm³/mol. The second-order valence-electron chi connectivity index (χ2n) is 9.57. The molecule has 0 aliphatic carbocycles. The van der Waals surface area contributed by atoms with Crippen molar-refractivity contribution < 1.29 is 4.39 Å². The van der Waals surface area contributed by atoms with E-state index in [1.807, 2.05) is 24.3 Å². The van der Waals surface area contributed by atoms with Crippen LogP contribution in [0.5, 0.6) is 0 Å². The van der Waals surface area contributed by atoms with Crippen LogP contribution in [0.4, 0.5) is 16.2 Å². The van der Waals surface area contributed by atoms with Crippen molar-refractivity contribution in [3.8, 4) is 16.9 Å². The lowest BCUT2D eigenvalue weighted by molar-refractivity contribution is 0.401. The van der Waals surface area contributed by atoms with Gasteiger partial charge in [-0.3, -0.25) is 0 Å². The molecule has 0 spiro atoms. The van der Waals surface area contributed by atoms with Gasteiger partial charge in [-0.05, 0) is 61.1 Å². The summed E-state index contributed by atoms with van der Waals surface area (Å²) in [7, 11) is 0. The van der Waals surface area contributed by atoms with E-state index >= 15 is 0 Å². The quantitative estimate of drug-likeness (QED) is 0.257. The van der Waals surface area contributed by atoms with Gasteiger partial charge < -0.3 is 10.6 Å². The van der Waals surface area contributed by atoms with Crippen molar-refractivity contribution in [2.24, 2.45) is 5.92 Å². The van der Waals surface area contributed by atoms with E-state index in [1.54, 1.807) is 22.9 Å². The largest absolute Gasteiger partial charge is 0.383 e. The Balaban J connectivity index is 1.40. The lowest BCUT2D eigenvalue weighted by Crippen LogP contribution is -2.35. The molecule has 1 aliphatic heterocycles. The summed E-state index contributed by atoms with van der Waals surface area (Å²) in [6, 6.07) is 22.4. The Bertz CT molecular complexity index is 1610. The highest BCUT2D eigenvalue weighted by molar-refractivity contribution is 6.32. The molecule has 192 valence electrons. The number of rotatable bonds is 5. The van der Waals surface area contributed by atoms with E-state index in [1.165, 1.54) is 11.6 Å². The zero-order valence-electron chi connectivity index (χ0n) is 20.5. The van der Waals surface area contributed by atoms with E-state index < -0.39 is 5.82 Å². The minimum absolute atomic E-state index is 0.00889. The number of fused-ring (bicyclic) bond motifs is 1. The summed E-state index contributed by atoms with van der Waals surface area (Å²) in [5.74, 6) is 1.01. The fraction of sp³-hybridized carbons (Fsp3) is 0.207. The summed E-state index contributed by atoms with van der Waals surface area (Å²) in [5, 5.41) is 5.80. The maximum absolute atomic E-state index is 14.0. The van der Waals surface area contributed by atoms with Gasteiger partial charge >= 0.3 is 0 Å². The topological polar surface area (TPSA) is 72.9 Å². The number of hydrogen-bond donors (Lipinski definition) is 1. The van der Waals surface area contributed by atoms with E-state index in [0.29, 0.717) is 50.7 Å². The van der Waals surface area contributed by atoms with E-state index in [0.717, 1.165) is 32.4 Å². The molecule has 2 aromatic heterocycles. The molecule has 9 heteroatoms. The fourth-order valence-corrected chi connectivity index (χ4v) is 5.48. The Kier molecular flexibility index (Phi) is 6.64. The van der Waals surface area contributed by atoms with Crippen LogP contribution in [-0.2, 0) is 6.42 Å². The van der Waals surface area contributed by atoms with Crippen LogP contribution in [0.3, 0.4) is 0 Å². The molecule has 0 radical (unpaired) electrons. The van der Waals surface area contributed by atoms with Crippen LogP contribution < -0.4 is 10.6 Å². The molecule has 3 aromatic carbocycles. The Hall–Kier alpha value is -3.68. The normalized spacial score (nSPS) is 14.3. The molecule has 1 fully saturated rings. The van der Waals surface area contributed by atoms with Gasteiger partial charge in [0.1, 0.15) is 11.6 Å².